The molecule has 1 aromatic heterocycles. The molecule has 0 N–H and O–H groups in total. The van der Waals surface area contributed by atoms with Crippen LogP contribution in [0, 0.1) is 0 Å². The van der Waals surface area contributed by atoms with Crippen LogP contribution < -0.4 is 5.76 Å². The van der Waals surface area contributed by atoms with E-state index in [-0.39, 0.29) is 5.76 Å². The molecule has 0 aliphatic heterocycles. The van der Waals surface area contributed by atoms with Crippen LogP contribution in [0.15, 0.2) is 57.7 Å². The van der Waals surface area contributed by atoms with E-state index < -0.39 is 0 Å². The number of aryl methyl sites for hydroxylation is 1. The minimum Gasteiger partial charge on any atom is -0.408 e. The third kappa shape index (κ3) is 2.19. The van der Waals surface area contributed by atoms with Crippen LogP contribution in [0.2, 0.25) is 0 Å². The zero-order valence-electron chi connectivity index (χ0n) is 10.8. The molecule has 0 unspecified atom stereocenters. The lowest BCUT2D eigenvalue weighted by molar-refractivity contribution is 0.517. The Labute approximate surface area is 111 Å². The number of nitrogens with zero attached hydrogens (tertiary/aromatic N) is 1. The van der Waals surface area contributed by atoms with Gasteiger partial charge in [-0.05, 0) is 29.7 Å². The number of benzene rings is 2. The molecule has 0 amide bonds. The lowest BCUT2D eigenvalue weighted by Crippen LogP contribution is -2.14. The van der Waals surface area contributed by atoms with Gasteiger partial charge in [0.1, 0.15) is 0 Å². The molecule has 3 rings (SSSR count). The molecule has 1 heterocycles. The lowest BCUT2D eigenvalue weighted by Gasteiger charge is -2.03. The number of para-hydroxylation sites is 2. The maximum absolute atomic E-state index is 11.9. The van der Waals surface area contributed by atoms with Gasteiger partial charge in [0.25, 0.3) is 0 Å². The molecule has 3 heteroatoms. The molecule has 96 valence electrons. The first-order valence-corrected chi connectivity index (χ1v) is 6.44. The molecule has 0 aliphatic rings. The normalized spacial score (nSPS) is 11.0. The Kier molecular flexibility index (Phi) is 2.95. The first kappa shape index (κ1) is 11.8. The highest BCUT2D eigenvalue weighted by molar-refractivity contribution is 5.72. The van der Waals surface area contributed by atoms with Crippen LogP contribution >= 0.6 is 0 Å². The highest BCUT2D eigenvalue weighted by Gasteiger charge is 2.08. The predicted octanol–water partition coefficient (Wildman–Crippen LogP) is 3.21. The van der Waals surface area contributed by atoms with Gasteiger partial charge >= 0.3 is 5.76 Å². The van der Waals surface area contributed by atoms with Crippen molar-refractivity contribution in [2.75, 3.05) is 0 Å². The smallest absolute Gasteiger partial charge is 0.408 e. The highest BCUT2D eigenvalue weighted by atomic mass is 16.4. The zero-order chi connectivity index (χ0) is 13.2. The van der Waals surface area contributed by atoms with E-state index in [4.69, 9.17) is 4.42 Å². The Balaban J connectivity index is 2.00. The average molecular weight is 253 g/mol. The monoisotopic (exact) mass is 253 g/mol. The van der Waals surface area contributed by atoms with Crippen molar-refractivity contribution in [2.24, 2.45) is 0 Å². The summed E-state index contributed by atoms with van der Waals surface area (Å²) >= 11 is 0. The van der Waals surface area contributed by atoms with Crippen LogP contribution in [0.4, 0.5) is 0 Å². The summed E-state index contributed by atoms with van der Waals surface area (Å²) in [6.07, 6.45) is 1.02. The molecule has 3 nitrogen and oxygen atoms in total. The van der Waals surface area contributed by atoms with Crippen molar-refractivity contribution >= 4 is 11.1 Å². The highest BCUT2D eigenvalue weighted by Crippen LogP contribution is 2.14. The van der Waals surface area contributed by atoms with E-state index in [1.807, 2.05) is 24.3 Å². The van der Waals surface area contributed by atoms with Crippen LogP contribution in [0.1, 0.15) is 18.1 Å². The Morgan fingerprint density at radius 3 is 2.42 bits per heavy atom. The number of oxazole rings is 1. The fourth-order valence-corrected chi connectivity index (χ4v) is 2.23. The van der Waals surface area contributed by atoms with Gasteiger partial charge in [-0.1, -0.05) is 43.3 Å². The van der Waals surface area contributed by atoms with Crippen molar-refractivity contribution in [1.29, 1.82) is 0 Å². The summed E-state index contributed by atoms with van der Waals surface area (Å²) in [5, 5.41) is 0. The SMILES string of the molecule is CCc1ccc(Cn2c(=O)oc3ccccc32)cc1. The summed E-state index contributed by atoms with van der Waals surface area (Å²) < 4.78 is 6.89. The third-order valence-electron chi connectivity index (χ3n) is 3.35. The first-order chi connectivity index (χ1) is 9.28. The topological polar surface area (TPSA) is 35.1 Å². The van der Waals surface area contributed by atoms with Gasteiger partial charge in [0.15, 0.2) is 5.58 Å². The minimum atomic E-state index is -0.305. The van der Waals surface area contributed by atoms with Gasteiger partial charge in [0.05, 0.1) is 12.1 Å². The summed E-state index contributed by atoms with van der Waals surface area (Å²) in [5.74, 6) is -0.305. The van der Waals surface area contributed by atoms with Crippen molar-refractivity contribution in [1.82, 2.24) is 4.57 Å². The van der Waals surface area contributed by atoms with E-state index in [1.54, 1.807) is 4.57 Å². The Hall–Kier alpha value is -2.29. The maximum Gasteiger partial charge on any atom is 0.420 e. The quantitative estimate of drug-likeness (QED) is 0.718. The number of aromatic nitrogens is 1. The maximum atomic E-state index is 11.9. The molecule has 0 fully saturated rings. The van der Waals surface area contributed by atoms with Crippen LogP contribution in [-0.4, -0.2) is 4.57 Å². The molecule has 0 radical (unpaired) electrons. The summed E-state index contributed by atoms with van der Waals surface area (Å²) in [5.41, 5.74) is 3.88. The Morgan fingerprint density at radius 2 is 1.68 bits per heavy atom. The predicted molar refractivity (Wildman–Crippen MR) is 75.4 cm³/mol. The fourth-order valence-electron chi connectivity index (χ4n) is 2.23. The van der Waals surface area contributed by atoms with Crippen molar-refractivity contribution < 1.29 is 4.42 Å². The van der Waals surface area contributed by atoms with Crippen molar-refractivity contribution in [3.8, 4) is 0 Å². The molecule has 2 aromatic carbocycles. The molecular formula is C16H15NO2. The van der Waals surface area contributed by atoms with Gasteiger partial charge in [0.2, 0.25) is 0 Å². The second-order valence-electron chi connectivity index (χ2n) is 4.59. The van der Waals surface area contributed by atoms with E-state index in [0.29, 0.717) is 12.1 Å². The fraction of sp³-hybridized carbons (Fsp3) is 0.188. The molecule has 0 saturated carbocycles. The van der Waals surface area contributed by atoms with Crippen molar-refractivity contribution in [2.45, 2.75) is 19.9 Å². The van der Waals surface area contributed by atoms with Gasteiger partial charge in [-0.15, -0.1) is 0 Å². The third-order valence-corrected chi connectivity index (χ3v) is 3.35. The van der Waals surface area contributed by atoms with Crippen molar-refractivity contribution in [3.05, 3.63) is 70.2 Å². The molecular weight excluding hydrogens is 238 g/mol. The largest absolute Gasteiger partial charge is 0.420 e. The molecule has 19 heavy (non-hydrogen) atoms. The van der Waals surface area contributed by atoms with Gasteiger partial charge < -0.3 is 4.42 Å². The van der Waals surface area contributed by atoms with E-state index in [1.165, 1.54) is 5.56 Å². The number of hydrogen-bond donors (Lipinski definition) is 0. The second kappa shape index (κ2) is 4.76. The molecule has 3 aromatic rings. The number of rotatable bonds is 3. The molecule has 0 aliphatic carbocycles. The van der Waals surface area contributed by atoms with E-state index in [2.05, 4.69) is 31.2 Å². The second-order valence-corrected chi connectivity index (χ2v) is 4.59. The average Bonchev–Trinajstić information content (AvgIpc) is 2.76. The molecule has 0 bridgehead atoms. The molecule has 0 saturated heterocycles. The molecule has 0 atom stereocenters. The summed E-state index contributed by atoms with van der Waals surface area (Å²) in [6.45, 7) is 2.67. The van der Waals surface area contributed by atoms with E-state index in [9.17, 15) is 4.79 Å². The number of fused-ring (bicyclic) bond motifs is 1. The number of hydrogen-bond acceptors (Lipinski definition) is 2. The van der Waals surface area contributed by atoms with E-state index in [0.717, 1.165) is 17.5 Å². The van der Waals surface area contributed by atoms with Gasteiger partial charge in [-0.2, -0.15) is 0 Å². The van der Waals surface area contributed by atoms with Crippen molar-refractivity contribution in [3.63, 3.8) is 0 Å². The zero-order valence-corrected chi connectivity index (χ0v) is 10.8. The lowest BCUT2D eigenvalue weighted by atomic mass is 10.1. The minimum absolute atomic E-state index is 0.305. The van der Waals surface area contributed by atoms with Crippen LogP contribution in [0.3, 0.4) is 0 Å². The standard InChI is InChI=1S/C16H15NO2/c1-2-12-7-9-13(10-8-12)11-17-14-5-3-4-6-15(14)19-16(17)18/h3-10H,2,11H2,1H3. The Morgan fingerprint density at radius 1 is 1.00 bits per heavy atom. The summed E-state index contributed by atoms with van der Waals surface area (Å²) in [6, 6.07) is 15.8. The van der Waals surface area contributed by atoms with Crippen LogP contribution in [-0.2, 0) is 13.0 Å². The van der Waals surface area contributed by atoms with Crippen LogP contribution in [0.25, 0.3) is 11.1 Å². The van der Waals surface area contributed by atoms with Gasteiger partial charge in [-0.25, -0.2) is 4.79 Å². The molecule has 0 spiro atoms. The Bertz CT molecular complexity index is 750. The summed E-state index contributed by atoms with van der Waals surface area (Å²) in [7, 11) is 0. The van der Waals surface area contributed by atoms with Crippen LogP contribution in [0.5, 0.6) is 0 Å². The summed E-state index contributed by atoms with van der Waals surface area (Å²) in [4.78, 5) is 11.9. The van der Waals surface area contributed by atoms with Gasteiger partial charge in [0, 0.05) is 0 Å². The first-order valence-electron chi connectivity index (χ1n) is 6.44. The van der Waals surface area contributed by atoms with E-state index >= 15 is 0 Å². The van der Waals surface area contributed by atoms with Gasteiger partial charge in [-0.3, -0.25) is 4.57 Å².